The first-order chi connectivity index (χ1) is 11.8. The molecule has 0 heterocycles. The fourth-order valence-electron chi connectivity index (χ4n) is 3.07. The van der Waals surface area contributed by atoms with E-state index in [1.807, 2.05) is 72.8 Å². The molecule has 4 heteroatoms. The molecule has 0 fully saturated rings. The zero-order chi connectivity index (χ0) is 18.1. The largest absolute Gasteiger partial charge is 0.779 e. The van der Waals surface area contributed by atoms with Crippen molar-refractivity contribution < 1.29 is 4.57 Å². The first-order valence-corrected chi connectivity index (χ1v) is 14.0. The topological polar surface area (TPSA) is 17.1 Å². The highest BCUT2D eigenvalue weighted by atomic mass is 32.1. The number of hydrogen-bond donors (Lipinski definition) is 0. The molecular formula is C21H22OPSSi-. The zero-order valence-electron chi connectivity index (χ0n) is 14.8. The van der Waals surface area contributed by atoms with Crippen LogP contribution in [0.2, 0.25) is 19.6 Å². The molecule has 0 spiro atoms. The second kappa shape index (κ2) is 6.91. The van der Waals surface area contributed by atoms with Crippen LogP contribution in [0.15, 0.2) is 83.8 Å². The molecule has 0 amide bonds. The van der Waals surface area contributed by atoms with Gasteiger partial charge in [-0.1, -0.05) is 104 Å². The van der Waals surface area contributed by atoms with Gasteiger partial charge in [-0.05, 0) is 0 Å². The predicted molar refractivity (Wildman–Crippen MR) is 114 cm³/mol. The van der Waals surface area contributed by atoms with E-state index in [-0.39, 0.29) is 0 Å². The molecular weight excluding hydrogens is 359 g/mol. The van der Waals surface area contributed by atoms with E-state index in [1.165, 1.54) is 5.19 Å². The van der Waals surface area contributed by atoms with Gasteiger partial charge in [0.2, 0.25) is 0 Å². The van der Waals surface area contributed by atoms with Gasteiger partial charge in [-0.3, -0.25) is 0 Å². The molecule has 0 aliphatic carbocycles. The molecule has 0 aliphatic rings. The molecule has 0 aromatic heterocycles. The van der Waals surface area contributed by atoms with E-state index in [4.69, 9.17) is 12.6 Å². The van der Waals surface area contributed by atoms with Gasteiger partial charge in [0.05, 0.1) is 8.07 Å². The summed E-state index contributed by atoms with van der Waals surface area (Å²) in [7, 11) is -4.61. The van der Waals surface area contributed by atoms with Crippen LogP contribution in [-0.2, 0) is 17.2 Å². The lowest BCUT2D eigenvalue weighted by molar-refractivity contribution is 0.592. The number of hydrogen-bond acceptors (Lipinski definition) is 2. The summed E-state index contributed by atoms with van der Waals surface area (Å²) < 4.78 is 14.5. The van der Waals surface area contributed by atoms with Crippen LogP contribution in [0.5, 0.6) is 0 Å². The Morgan fingerprint density at radius 3 is 1.64 bits per heavy atom. The second-order valence-electron chi connectivity index (χ2n) is 7.18. The molecule has 0 atom stereocenters. The van der Waals surface area contributed by atoms with Gasteiger partial charge in [-0.2, -0.15) is 4.90 Å². The fraction of sp³-hybridized carbons (Fsp3) is 0.143. The van der Waals surface area contributed by atoms with E-state index >= 15 is 0 Å². The average molecular weight is 382 g/mol. The van der Waals surface area contributed by atoms with Crippen LogP contribution in [-0.4, -0.2) is 8.07 Å². The Balaban J connectivity index is 2.34. The van der Waals surface area contributed by atoms with Crippen molar-refractivity contribution in [1.29, 1.82) is 0 Å². The van der Waals surface area contributed by atoms with Crippen molar-refractivity contribution in [2.75, 3.05) is 0 Å². The van der Waals surface area contributed by atoms with E-state index in [0.29, 0.717) is 0 Å². The third kappa shape index (κ3) is 3.37. The molecule has 128 valence electrons. The Hall–Kier alpha value is -1.67. The average Bonchev–Trinajstić information content (AvgIpc) is 2.62. The quantitative estimate of drug-likeness (QED) is 0.389. The summed E-state index contributed by atoms with van der Waals surface area (Å²) in [4.78, 5) is 0.776. The van der Waals surface area contributed by atoms with Crippen molar-refractivity contribution >= 4 is 48.9 Å². The van der Waals surface area contributed by atoms with Crippen molar-refractivity contribution in [3.8, 4) is 0 Å². The lowest BCUT2D eigenvalue weighted by Crippen LogP contribution is -2.42. The molecule has 1 nitrogen and oxygen atoms in total. The molecule has 0 radical (unpaired) electrons. The van der Waals surface area contributed by atoms with Crippen LogP contribution in [0.4, 0.5) is 0 Å². The standard InChI is InChI=1S/C21H23OPSSi/c1-25(2,3)20-16-10-15-19(21(20)24)23(22,17-11-6-4-7-12-17)18-13-8-5-9-14-18/h4-16,24H,1-3H3/p-1. The first-order valence-electron chi connectivity index (χ1n) is 8.37. The normalized spacial score (nSPS) is 12.1. The van der Waals surface area contributed by atoms with E-state index in [9.17, 15) is 4.57 Å². The molecule has 0 unspecified atom stereocenters. The first kappa shape index (κ1) is 18.1. The van der Waals surface area contributed by atoms with E-state index < -0.39 is 15.2 Å². The number of benzene rings is 3. The summed E-state index contributed by atoms with van der Waals surface area (Å²) in [6.45, 7) is 6.83. The molecule has 25 heavy (non-hydrogen) atoms. The molecule has 0 saturated heterocycles. The van der Waals surface area contributed by atoms with E-state index in [2.05, 4.69) is 25.7 Å². The zero-order valence-corrected chi connectivity index (χ0v) is 17.5. The maximum Gasteiger partial charge on any atom is 0.169 e. The SMILES string of the molecule is C[Si](C)(C)c1cccc(P(=O)(c2ccccc2)c2ccccc2)c1[S-]. The monoisotopic (exact) mass is 381 g/mol. The highest BCUT2D eigenvalue weighted by Crippen LogP contribution is 2.43. The maximum absolute atomic E-state index is 14.5. The fourth-order valence-corrected chi connectivity index (χ4v) is 8.76. The summed E-state index contributed by atoms with van der Waals surface area (Å²) >= 11 is 5.85. The van der Waals surface area contributed by atoms with Gasteiger partial charge in [-0.15, -0.1) is 0 Å². The van der Waals surface area contributed by atoms with E-state index in [0.717, 1.165) is 20.8 Å². The number of rotatable bonds is 4. The van der Waals surface area contributed by atoms with Crippen molar-refractivity contribution in [2.24, 2.45) is 0 Å². The van der Waals surface area contributed by atoms with Crippen molar-refractivity contribution in [1.82, 2.24) is 0 Å². The minimum absolute atomic E-state index is 0.776. The van der Waals surface area contributed by atoms with Crippen LogP contribution in [0.3, 0.4) is 0 Å². The van der Waals surface area contributed by atoms with Crippen LogP contribution < -0.4 is 21.1 Å². The lowest BCUT2D eigenvalue weighted by Gasteiger charge is -2.31. The van der Waals surface area contributed by atoms with Crippen molar-refractivity contribution in [3.05, 3.63) is 78.9 Å². The third-order valence-corrected chi connectivity index (χ3v) is 10.3. The van der Waals surface area contributed by atoms with Gasteiger partial charge in [0.25, 0.3) is 0 Å². The Morgan fingerprint density at radius 2 is 1.20 bits per heavy atom. The Labute approximate surface area is 156 Å². The Bertz CT molecular complexity index is 874. The van der Waals surface area contributed by atoms with Crippen LogP contribution >= 0.6 is 7.14 Å². The molecule has 0 N–H and O–H groups in total. The van der Waals surface area contributed by atoms with E-state index in [1.54, 1.807) is 0 Å². The van der Waals surface area contributed by atoms with Crippen molar-refractivity contribution in [3.63, 3.8) is 0 Å². The second-order valence-corrected chi connectivity index (χ2v) is 15.4. The molecule has 3 aromatic carbocycles. The smallest absolute Gasteiger partial charge is 0.169 e. The van der Waals surface area contributed by atoms with Crippen molar-refractivity contribution in [2.45, 2.75) is 24.5 Å². The minimum Gasteiger partial charge on any atom is -0.779 e. The molecule has 3 aromatic rings. The molecule has 0 aliphatic heterocycles. The Kier molecular flexibility index (Phi) is 5.01. The highest BCUT2D eigenvalue weighted by molar-refractivity contribution is 7.85. The molecule has 3 rings (SSSR count). The van der Waals surface area contributed by atoms with Gasteiger partial charge in [0, 0.05) is 15.9 Å². The highest BCUT2D eigenvalue weighted by Gasteiger charge is 2.31. The summed E-state index contributed by atoms with van der Waals surface area (Å²) in [5, 5.41) is 3.66. The van der Waals surface area contributed by atoms with Gasteiger partial charge in [0.1, 0.15) is 0 Å². The van der Waals surface area contributed by atoms with Crippen LogP contribution in [0, 0.1) is 0 Å². The van der Waals surface area contributed by atoms with Crippen LogP contribution in [0.1, 0.15) is 0 Å². The van der Waals surface area contributed by atoms with Crippen LogP contribution in [0.25, 0.3) is 0 Å². The summed E-state index contributed by atoms with van der Waals surface area (Å²) in [6, 6.07) is 25.5. The van der Waals surface area contributed by atoms with Gasteiger partial charge in [0.15, 0.2) is 7.14 Å². The minimum atomic E-state index is -2.99. The lowest BCUT2D eigenvalue weighted by atomic mass is 10.3. The Morgan fingerprint density at radius 1 is 0.720 bits per heavy atom. The van der Waals surface area contributed by atoms with Gasteiger partial charge >= 0.3 is 0 Å². The maximum atomic E-state index is 14.5. The summed E-state index contributed by atoms with van der Waals surface area (Å²) in [5.41, 5.74) is 0. The summed E-state index contributed by atoms with van der Waals surface area (Å²) in [6.07, 6.45) is 0. The third-order valence-electron chi connectivity index (χ3n) is 4.38. The molecule has 0 bridgehead atoms. The summed E-state index contributed by atoms with van der Waals surface area (Å²) in [5.74, 6) is 0. The molecule has 0 saturated carbocycles. The predicted octanol–water partition coefficient (Wildman–Crippen LogP) is 3.78. The van der Waals surface area contributed by atoms with Gasteiger partial charge < -0.3 is 17.2 Å². The van der Waals surface area contributed by atoms with Gasteiger partial charge in [-0.25, -0.2) is 0 Å².